The van der Waals surface area contributed by atoms with E-state index in [1.807, 2.05) is 0 Å². The number of aliphatic carboxylic acids is 2. The molecule has 2 aromatic rings. The van der Waals surface area contributed by atoms with E-state index < -0.39 is 11.9 Å². The monoisotopic (exact) mass is 427 g/mol. The molecule has 1 aliphatic carbocycles. The van der Waals surface area contributed by atoms with E-state index >= 15 is 0 Å². The Bertz CT molecular complexity index is 885. The Morgan fingerprint density at radius 3 is 2.32 bits per heavy atom. The van der Waals surface area contributed by atoms with Crippen molar-refractivity contribution in [3.63, 3.8) is 0 Å². The highest BCUT2D eigenvalue weighted by atomic mass is 16.5. The summed E-state index contributed by atoms with van der Waals surface area (Å²) in [5.41, 5.74) is 5.92. The molecule has 31 heavy (non-hydrogen) atoms. The highest BCUT2D eigenvalue weighted by Gasteiger charge is 2.15. The fourth-order valence-corrected chi connectivity index (χ4v) is 3.90. The molecule has 2 N–H and O–H groups in total. The summed E-state index contributed by atoms with van der Waals surface area (Å²) in [4.78, 5) is 20.7. The van der Waals surface area contributed by atoms with Crippen molar-refractivity contribution in [3.8, 4) is 5.75 Å². The van der Waals surface area contributed by atoms with Crippen LogP contribution in [0.2, 0.25) is 0 Å². The van der Waals surface area contributed by atoms with Gasteiger partial charge < -0.3 is 19.7 Å². The first-order valence-electron chi connectivity index (χ1n) is 10.6. The minimum Gasteiger partial charge on any atom is -0.491 e. The number of hydrogen-bond donors (Lipinski definition) is 2. The summed E-state index contributed by atoms with van der Waals surface area (Å²) in [6.07, 6.45) is 4.85. The Labute approximate surface area is 182 Å². The van der Waals surface area contributed by atoms with Crippen LogP contribution in [0.15, 0.2) is 42.5 Å². The van der Waals surface area contributed by atoms with Gasteiger partial charge in [0.25, 0.3) is 0 Å². The molecule has 1 heterocycles. The summed E-state index contributed by atoms with van der Waals surface area (Å²) in [6.45, 7) is 5.23. The molecule has 0 unspecified atom stereocenters. The lowest BCUT2D eigenvalue weighted by Gasteiger charge is -2.28. The van der Waals surface area contributed by atoms with Gasteiger partial charge in [0.05, 0.1) is 13.2 Å². The van der Waals surface area contributed by atoms with Gasteiger partial charge in [0.1, 0.15) is 12.4 Å². The first-order valence-corrected chi connectivity index (χ1v) is 10.6. The average molecular weight is 427 g/mol. The van der Waals surface area contributed by atoms with Gasteiger partial charge >= 0.3 is 11.9 Å². The molecule has 0 saturated carbocycles. The standard InChI is InChI=1S/C22H27NO2.C2H2O4/c1-2-5-21-17-23(11-10-19(21)4-1)12-13-24-14-15-25-22-9-8-18-6-3-7-20(18)16-22;3-1(4)2(5)6/h1-2,4-5,8-9,16H,3,6-7,10-15,17H2;(H,3,4)(H,5,6). The second-order valence-corrected chi connectivity index (χ2v) is 7.65. The Hall–Kier alpha value is -2.90. The number of aryl methyl sites for hydroxylation is 2. The summed E-state index contributed by atoms with van der Waals surface area (Å²) < 4.78 is 11.6. The van der Waals surface area contributed by atoms with Gasteiger partial charge in [-0.25, -0.2) is 9.59 Å². The number of benzene rings is 2. The minimum atomic E-state index is -1.82. The van der Waals surface area contributed by atoms with Crippen LogP contribution in [0.1, 0.15) is 28.7 Å². The summed E-state index contributed by atoms with van der Waals surface area (Å²) >= 11 is 0. The zero-order chi connectivity index (χ0) is 22.1. The molecule has 0 amide bonds. The molecule has 0 spiro atoms. The van der Waals surface area contributed by atoms with Crippen molar-refractivity contribution in [1.29, 1.82) is 0 Å². The van der Waals surface area contributed by atoms with E-state index in [2.05, 4.69) is 47.4 Å². The molecule has 2 aliphatic rings. The summed E-state index contributed by atoms with van der Waals surface area (Å²) in [5.74, 6) is -2.66. The molecule has 0 atom stereocenters. The number of fused-ring (bicyclic) bond motifs is 2. The quantitative estimate of drug-likeness (QED) is 0.518. The van der Waals surface area contributed by atoms with E-state index in [1.54, 1.807) is 0 Å². The molecule has 7 nitrogen and oxygen atoms in total. The van der Waals surface area contributed by atoms with Gasteiger partial charge in [0, 0.05) is 19.6 Å². The van der Waals surface area contributed by atoms with Crippen molar-refractivity contribution in [1.82, 2.24) is 4.90 Å². The molecule has 166 valence electrons. The highest BCUT2D eigenvalue weighted by molar-refractivity contribution is 6.27. The molecular weight excluding hydrogens is 398 g/mol. The number of carboxylic acid groups (broad SMARTS) is 2. The Balaban J connectivity index is 0.000000401. The second kappa shape index (κ2) is 11.5. The molecule has 7 heteroatoms. The largest absolute Gasteiger partial charge is 0.491 e. The third-order valence-electron chi connectivity index (χ3n) is 5.51. The lowest BCUT2D eigenvalue weighted by atomic mass is 10.0. The Morgan fingerprint density at radius 1 is 0.839 bits per heavy atom. The summed E-state index contributed by atoms with van der Waals surface area (Å²) in [6, 6.07) is 15.3. The second-order valence-electron chi connectivity index (χ2n) is 7.65. The number of carbonyl (C=O) groups is 2. The molecule has 0 radical (unpaired) electrons. The average Bonchev–Trinajstić information content (AvgIpc) is 3.24. The predicted octanol–water partition coefficient (Wildman–Crippen LogP) is 2.78. The zero-order valence-electron chi connectivity index (χ0n) is 17.6. The maximum Gasteiger partial charge on any atom is 0.414 e. The van der Waals surface area contributed by atoms with Crippen LogP contribution in [-0.4, -0.2) is 60.0 Å². The van der Waals surface area contributed by atoms with Crippen LogP contribution in [0.25, 0.3) is 0 Å². The lowest BCUT2D eigenvalue weighted by molar-refractivity contribution is -0.159. The van der Waals surface area contributed by atoms with Gasteiger partial charge in [0.15, 0.2) is 0 Å². The van der Waals surface area contributed by atoms with Crippen molar-refractivity contribution in [3.05, 3.63) is 64.7 Å². The van der Waals surface area contributed by atoms with Crippen molar-refractivity contribution >= 4 is 11.9 Å². The Kier molecular flexibility index (Phi) is 8.44. The maximum absolute atomic E-state index is 9.10. The van der Waals surface area contributed by atoms with Crippen LogP contribution in [0.5, 0.6) is 5.75 Å². The molecule has 2 aromatic carbocycles. The molecule has 0 fully saturated rings. The maximum atomic E-state index is 9.10. The van der Waals surface area contributed by atoms with Crippen molar-refractivity contribution in [2.45, 2.75) is 32.2 Å². The fraction of sp³-hybridized carbons (Fsp3) is 0.417. The van der Waals surface area contributed by atoms with E-state index in [9.17, 15) is 0 Å². The van der Waals surface area contributed by atoms with Crippen LogP contribution in [0, 0.1) is 0 Å². The minimum absolute atomic E-state index is 0.627. The van der Waals surface area contributed by atoms with Crippen LogP contribution >= 0.6 is 0 Å². The topological polar surface area (TPSA) is 96.3 Å². The first-order chi connectivity index (χ1) is 15.0. The molecule has 1 aliphatic heterocycles. The molecular formula is C24H29NO6. The summed E-state index contributed by atoms with van der Waals surface area (Å²) in [7, 11) is 0. The van der Waals surface area contributed by atoms with Crippen LogP contribution < -0.4 is 4.74 Å². The van der Waals surface area contributed by atoms with Gasteiger partial charge in [-0.1, -0.05) is 30.3 Å². The van der Waals surface area contributed by atoms with E-state index in [4.69, 9.17) is 29.3 Å². The first kappa shape index (κ1) is 22.8. The van der Waals surface area contributed by atoms with Gasteiger partial charge in [-0.05, 0) is 60.1 Å². The van der Waals surface area contributed by atoms with Gasteiger partial charge in [-0.3, -0.25) is 4.90 Å². The van der Waals surface area contributed by atoms with Crippen molar-refractivity contribution < 1.29 is 29.3 Å². The van der Waals surface area contributed by atoms with E-state index in [0.29, 0.717) is 13.2 Å². The zero-order valence-corrected chi connectivity index (χ0v) is 17.6. The third-order valence-corrected chi connectivity index (χ3v) is 5.51. The summed E-state index contributed by atoms with van der Waals surface area (Å²) in [5, 5.41) is 14.8. The third kappa shape index (κ3) is 7.08. The fourth-order valence-electron chi connectivity index (χ4n) is 3.90. The smallest absolute Gasteiger partial charge is 0.414 e. The predicted molar refractivity (Wildman–Crippen MR) is 115 cm³/mol. The molecule has 0 aromatic heterocycles. The normalized spacial score (nSPS) is 14.7. The number of ether oxygens (including phenoxy) is 2. The number of rotatable bonds is 7. The Morgan fingerprint density at radius 2 is 1.55 bits per heavy atom. The number of nitrogens with zero attached hydrogens (tertiary/aromatic N) is 1. The van der Waals surface area contributed by atoms with Gasteiger partial charge in [-0.2, -0.15) is 0 Å². The van der Waals surface area contributed by atoms with E-state index in [-0.39, 0.29) is 0 Å². The molecule has 0 saturated heterocycles. The van der Waals surface area contributed by atoms with E-state index in [0.717, 1.165) is 38.4 Å². The van der Waals surface area contributed by atoms with Crippen molar-refractivity contribution in [2.24, 2.45) is 0 Å². The van der Waals surface area contributed by atoms with Crippen LogP contribution in [0.3, 0.4) is 0 Å². The SMILES string of the molecule is O=C(O)C(=O)O.c1ccc2c(c1)CCN(CCOCCOc1ccc3c(c1)CCC3)C2. The number of hydrogen-bond acceptors (Lipinski definition) is 5. The van der Waals surface area contributed by atoms with Gasteiger partial charge in [-0.15, -0.1) is 0 Å². The molecule has 0 bridgehead atoms. The van der Waals surface area contributed by atoms with Gasteiger partial charge in [0.2, 0.25) is 0 Å². The highest BCUT2D eigenvalue weighted by Crippen LogP contribution is 2.26. The number of carboxylic acids is 2. The molecule has 4 rings (SSSR count). The van der Waals surface area contributed by atoms with Crippen molar-refractivity contribution in [2.75, 3.05) is 32.9 Å². The van der Waals surface area contributed by atoms with E-state index in [1.165, 1.54) is 41.5 Å². The van der Waals surface area contributed by atoms with Crippen LogP contribution in [-0.2, 0) is 40.1 Å². The van der Waals surface area contributed by atoms with Crippen LogP contribution in [0.4, 0.5) is 0 Å². The lowest BCUT2D eigenvalue weighted by Crippen LogP contribution is -2.33.